The first-order valence-corrected chi connectivity index (χ1v) is 12.9. The molecule has 1 saturated heterocycles. The highest BCUT2D eigenvalue weighted by atomic mass is 16.3. The summed E-state index contributed by atoms with van der Waals surface area (Å²) in [5.41, 5.74) is -0.968. The van der Waals surface area contributed by atoms with Gasteiger partial charge in [-0.3, -0.25) is 14.2 Å². The summed E-state index contributed by atoms with van der Waals surface area (Å²) in [7, 11) is 0. The number of nitrogens with zero attached hydrogens (tertiary/aromatic N) is 4. The lowest BCUT2D eigenvalue weighted by Gasteiger charge is -2.52. The van der Waals surface area contributed by atoms with Crippen LogP contribution in [0.15, 0.2) is 29.5 Å². The maximum Gasteiger partial charge on any atom is 0.277 e. The Morgan fingerprint density at radius 1 is 1.18 bits per heavy atom. The normalized spacial score (nSPS) is 26.8. The van der Waals surface area contributed by atoms with Gasteiger partial charge in [-0.2, -0.15) is 5.10 Å². The summed E-state index contributed by atoms with van der Waals surface area (Å²) < 4.78 is 3.14. The van der Waals surface area contributed by atoms with Crippen molar-refractivity contribution < 1.29 is 9.90 Å². The van der Waals surface area contributed by atoms with E-state index in [-0.39, 0.29) is 29.3 Å². The van der Waals surface area contributed by atoms with Crippen LogP contribution in [0.3, 0.4) is 0 Å². The van der Waals surface area contributed by atoms with Crippen molar-refractivity contribution in [2.45, 2.75) is 89.7 Å². The maximum atomic E-state index is 13.4. The van der Waals surface area contributed by atoms with E-state index in [0.29, 0.717) is 30.9 Å². The summed E-state index contributed by atoms with van der Waals surface area (Å²) in [6.07, 6.45) is 15.2. The molecule has 7 heteroatoms. The Morgan fingerprint density at radius 2 is 1.94 bits per heavy atom. The Balaban J connectivity index is 1.33. The number of aromatic nitrogens is 3. The summed E-state index contributed by atoms with van der Waals surface area (Å²) in [6, 6.07) is 3.57. The fourth-order valence-electron chi connectivity index (χ4n) is 6.98. The highest BCUT2D eigenvalue weighted by Crippen LogP contribution is 2.51. The SMILES string of the molecule is C[C@H](CC1CCCCC1)C(=O)N1CC[C@](O)(Cn2cnn3cccc3c2=O)C2(CCCC2)C1. The molecule has 1 aliphatic heterocycles. The molecular weight excluding hydrogens is 416 g/mol. The number of likely N-dealkylation sites (tertiary alicyclic amines) is 1. The lowest BCUT2D eigenvalue weighted by atomic mass is 9.65. The number of rotatable bonds is 5. The Bertz CT molecular complexity index is 1050. The van der Waals surface area contributed by atoms with Gasteiger partial charge in [0, 0.05) is 30.6 Å². The molecule has 0 radical (unpaired) electrons. The minimum absolute atomic E-state index is 0.0429. The van der Waals surface area contributed by atoms with E-state index in [2.05, 4.69) is 12.0 Å². The van der Waals surface area contributed by atoms with Crippen LogP contribution in [0.2, 0.25) is 0 Å². The van der Waals surface area contributed by atoms with Gasteiger partial charge in [0.1, 0.15) is 11.8 Å². The van der Waals surface area contributed by atoms with Crippen LogP contribution in [0, 0.1) is 17.3 Å². The number of carbonyl (C=O) groups excluding carboxylic acids is 1. The molecule has 33 heavy (non-hydrogen) atoms. The van der Waals surface area contributed by atoms with Gasteiger partial charge in [0.15, 0.2) is 0 Å². The third-order valence-corrected chi connectivity index (χ3v) is 8.94. The van der Waals surface area contributed by atoms with Crippen LogP contribution in [0.25, 0.3) is 5.52 Å². The predicted octanol–water partition coefficient (Wildman–Crippen LogP) is 3.63. The molecule has 1 N–H and O–H groups in total. The Labute approximate surface area is 195 Å². The van der Waals surface area contributed by atoms with Gasteiger partial charge < -0.3 is 10.0 Å². The van der Waals surface area contributed by atoms with Gasteiger partial charge in [-0.15, -0.1) is 0 Å². The molecule has 7 nitrogen and oxygen atoms in total. The minimum atomic E-state index is -1.01. The zero-order valence-corrected chi connectivity index (χ0v) is 19.9. The Kier molecular flexibility index (Phi) is 6.10. The summed E-state index contributed by atoms with van der Waals surface area (Å²) in [5, 5.41) is 16.3. The van der Waals surface area contributed by atoms with E-state index in [0.717, 1.165) is 32.1 Å². The monoisotopic (exact) mass is 454 g/mol. The largest absolute Gasteiger partial charge is 0.387 e. The van der Waals surface area contributed by atoms with E-state index < -0.39 is 5.60 Å². The van der Waals surface area contributed by atoms with Gasteiger partial charge >= 0.3 is 0 Å². The summed E-state index contributed by atoms with van der Waals surface area (Å²) in [5.74, 6) is 0.979. The molecule has 1 spiro atoms. The van der Waals surface area contributed by atoms with Crippen LogP contribution in [0.5, 0.6) is 0 Å². The second-order valence-corrected chi connectivity index (χ2v) is 11.1. The van der Waals surface area contributed by atoms with Crippen LogP contribution >= 0.6 is 0 Å². The third-order valence-electron chi connectivity index (χ3n) is 8.94. The fraction of sp³-hybridized carbons (Fsp3) is 0.731. The quantitative estimate of drug-likeness (QED) is 0.748. The molecule has 0 unspecified atom stereocenters. The second kappa shape index (κ2) is 8.90. The number of fused-ring (bicyclic) bond motifs is 1. The van der Waals surface area contributed by atoms with Gasteiger partial charge in [0.2, 0.25) is 5.91 Å². The molecular formula is C26H38N4O3. The first kappa shape index (κ1) is 22.6. The first-order chi connectivity index (χ1) is 15.9. The first-order valence-electron chi connectivity index (χ1n) is 12.9. The van der Waals surface area contributed by atoms with E-state index in [1.165, 1.54) is 32.1 Å². The van der Waals surface area contributed by atoms with Crippen LogP contribution in [0.1, 0.15) is 77.6 Å². The van der Waals surface area contributed by atoms with E-state index in [4.69, 9.17) is 0 Å². The zero-order valence-electron chi connectivity index (χ0n) is 19.9. The standard InChI is InChI=1S/C26H38N4O3/c1-20(16-21-8-3-2-4-9-21)23(31)28-15-13-26(33,25(17-28)11-5-6-12-25)18-29-19-27-30-14-7-10-22(30)24(29)32/h7,10,14,19-21,33H,2-6,8-9,11-13,15-18H2,1H3/t20-,26+/m1/s1. The van der Waals surface area contributed by atoms with Crippen molar-refractivity contribution in [3.63, 3.8) is 0 Å². The molecule has 3 heterocycles. The molecule has 3 fully saturated rings. The van der Waals surface area contributed by atoms with Crippen molar-refractivity contribution in [3.05, 3.63) is 35.0 Å². The maximum absolute atomic E-state index is 13.4. The topological polar surface area (TPSA) is 79.8 Å². The van der Waals surface area contributed by atoms with Crippen LogP contribution in [-0.2, 0) is 11.3 Å². The average Bonchev–Trinajstić information content (AvgIpc) is 3.49. The third kappa shape index (κ3) is 4.13. The van der Waals surface area contributed by atoms with Crippen molar-refractivity contribution in [3.8, 4) is 0 Å². The highest BCUT2D eigenvalue weighted by molar-refractivity contribution is 5.78. The summed E-state index contributed by atoms with van der Waals surface area (Å²) in [4.78, 5) is 28.4. The number of amides is 1. The van der Waals surface area contributed by atoms with Gasteiger partial charge in [-0.25, -0.2) is 4.52 Å². The van der Waals surface area contributed by atoms with Crippen molar-refractivity contribution in [1.29, 1.82) is 0 Å². The smallest absolute Gasteiger partial charge is 0.277 e. The second-order valence-electron chi connectivity index (χ2n) is 11.1. The van der Waals surface area contributed by atoms with Crippen molar-refractivity contribution >= 4 is 11.4 Å². The number of aliphatic hydroxyl groups is 1. The highest BCUT2D eigenvalue weighted by Gasteiger charge is 2.55. The molecule has 5 rings (SSSR count). The molecule has 0 bridgehead atoms. The molecule has 2 aromatic rings. The molecule has 2 aromatic heterocycles. The Hall–Kier alpha value is -2.15. The molecule has 180 valence electrons. The molecule has 3 aliphatic rings. The number of piperidine rings is 1. The van der Waals surface area contributed by atoms with Gasteiger partial charge in [0.25, 0.3) is 5.56 Å². The van der Waals surface area contributed by atoms with Gasteiger partial charge in [-0.05, 0) is 43.7 Å². The van der Waals surface area contributed by atoms with Crippen LogP contribution in [0.4, 0.5) is 0 Å². The van der Waals surface area contributed by atoms with Gasteiger partial charge in [0.05, 0.1) is 12.1 Å². The van der Waals surface area contributed by atoms with Crippen molar-refractivity contribution in [1.82, 2.24) is 19.1 Å². The molecule has 2 atom stereocenters. The molecule has 0 aromatic carbocycles. The fourth-order valence-corrected chi connectivity index (χ4v) is 6.98. The van der Waals surface area contributed by atoms with Crippen molar-refractivity contribution in [2.24, 2.45) is 17.3 Å². The average molecular weight is 455 g/mol. The van der Waals surface area contributed by atoms with E-state index in [1.807, 2.05) is 4.90 Å². The van der Waals surface area contributed by atoms with E-state index in [1.54, 1.807) is 33.7 Å². The van der Waals surface area contributed by atoms with E-state index in [9.17, 15) is 14.7 Å². The Morgan fingerprint density at radius 3 is 2.70 bits per heavy atom. The van der Waals surface area contributed by atoms with Crippen LogP contribution < -0.4 is 5.56 Å². The lowest BCUT2D eigenvalue weighted by Crippen LogP contribution is -2.62. The molecule has 1 amide bonds. The predicted molar refractivity (Wildman–Crippen MR) is 127 cm³/mol. The minimum Gasteiger partial charge on any atom is -0.387 e. The number of hydrogen-bond acceptors (Lipinski definition) is 4. The van der Waals surface area contributed by atoms with Gasteiger partial charge in [-0.1, -0.05) is 51.9 Å². The molecule has 2 saturated carbocycles. The zero-order chi connectivity index (χ0) is 23.1. The molecule has 2 aliphatic carbocycles. The summed E-state index contributed by atoms with van der Waals surface area (Å²) >= 11 is 0. The van der Waals surface area contributed by atoms with E-state index >= 15 is 0 Å². The van der Waals surface area contributed by atoms with Crippen LogP contribution in [-0.4, -0.2) is 48.8 Å². The number of hydrogen-bond donors (Lipinski definition) is 1. The number of carbonyl (C=O) groups is 1. The van der Waals surface area contributed by atoms with Crippen molar-refractivity contribution in [2.75, 3.05) is 13.1 Å². The lowest BCUT2D eigenvalue weighted by molar-refractivity contribution is -0.163. The summed E-state index contributed by atoms with van der Waals surface area (Å²) in [6.45, 7) is 3.49.